The van der Waals surface area contributed by atoms with Gasteiger partial charge >= 0.3 is 0 Å². The second-order valence-corrected chi connectivity index (χ2v) is 13.8. The van der Waals surface area contributed by atoms with E-state index in [1.807, 2.05) is 11.3 Å². The average Bonchev–Trinajstić information content (AvgIpc) is 3.41. The quantitative estimate of drug-likeness (QED) is 0.186. The van der Waals surface area contributed by atoms with Gasteiger partial charge in [0.1, 0.15) is 0 Å². The lowest BCUT2D eigenvalue weighted by molar-refractivity contribution is 0.590. The van der Waals surface area contributed by atoms with Gasteiger partial charge in [0.25, 0.3) is 0 Å². The van der Waals surface area contributed by atoms with Crippen molar-refractivity contribution in [1.82, 2.24) is 0 Å². The maximum atomic E-state index is 2.36. The van der Waals surface area contributed by atoms with Gasteiger partial charge < -0.3 is 0 Å². The molecule has 1 heteroatoms. The Morgan fingerprint density at radius 3 is 1.58 bits per heavy atom. The van der Waals surface area contributed by atoms with Gasteiger partial charge in [0.05, 0.1) is 0 Å². The molecular formula is C42H32S. The van der Waals surface area contributed by atoms with Gasteiger partial charge in [0, 0.05) is 20.2 Å². The van der Waals surface area contributed by atoms with Gasteiger partial charge in [-0.15, -0.1) is 11.3 Å². The van der Waals surface area contributed by atoms with E-state index < -0.39 is 0 Å². The molecule has 0 unspecified atom stereocenters. The molecule has 0 saturated heterocycles. The van der Waals surface area contributed by atoms with Crippen molar-refractivity contribution in [3.8, 4) is 33.4 Å². The molecule has 0 amide bonds. The molecule has 0 nitrogen and oxygen atoms in total. The fourth-order valence-electron chi connectivity index (χ4n) is 6.30. The van der Waals surface area contributed by atoms with Crippen molar-refractivity contribution in [2.24, 2.45) is 0 Å². The summed E-state index contributed by atoms with van der Waals surface area (Å²) in [5.74, 6) is 0. The number of fused-ring (bicyclic) bond motifs is 5. The molecule has 8 aromatic rings. The summed E-state index contributed by atoms with van der Waals surface area (Å²) in [6, 6.07) is 52.0. The highest BCUT2D eigenvalue weighted by Crippen LogP contribution is 2.37. The van der Waals surface area contributed by atoms with Crippen LogP contribution in [0.1, 0.15) is 26.3 Å². The predicted octanol–water partition coefficient (Wildman–Crippen LogP) is 12.7. The first kappa shape index (κ1) is 25.9. The van der Waals surface area contributed by atoms with Crippen LogP contribution in [0, 0.1) is 0 Å². The average molecular weight is 569 g/mol. The summed E-state index contributed by atoms with van der Waals surface area (Å²) in [6.07, 6.45) is 0. The van der Waals surface area contributed by atoms with Crippen molar-refractivity contribution < 1.29 is 0 Å². The first-order chi connectivity index (χ1) is 20.9. The normalized spacial score (nSPS) is 12.1. The number of thiophene rings is 1. The van der Waals surface area contributed by atoms with Crippen molar-refractivity contribution in [3.05, 3.63) is 145 Å². The van der Waals surface area contributed by atoms with Crippen LogP contribution in [0.5, 0.6) is 0 Å². The molecule has 0 spiro atoms. The van der Waals surface area contributed by atoms with Crippen LogP contribution in [0.15, 0.2) is 140 Å². The second kappa shape index (κ2) is 9.93. The smallest absolute Gasteiger partial charge is 0.0355 e. The van der Waals surface area contributed by atoms with Crippen LogP contribution >= 0.6 is 11.3 Å². The van der Waals surface area contributed by atoms with Crippen LogP contribution in [0.25, 0.3) is 75.1 Å². The summed E-state index contributed by atoms with van der Waals surface area (Å²) in [5.41, 5.74) is 9.03. The predicted molar refractivity (Wildman–Crippen MR) is 189 cm³/mol. The number of benzene rings is 7. The maximum Gasteiger partial charge on any atom is 0.0355 e. The molecule has 0 fully saturated rings. The Kier molecular flexibility index (Phi) is 6.00. The van der Waals surface area contributed by atoms with Gasteiger partial charge in [-0.05, 0) is 114 Å². The molecule has 206 valence electrons. The third-order valence-corrected chi connectivity index (χ3v) is 9.94. The SMILES string of the molecule is CC(C)(C)c1ccc(-c2cccc(-c3ccc4cc5cc(-c6ccc7sc8ccccc8c7c6)ccc5cc4c3)c2)cc1. The molecular weight excluding hydrogens is 537 g/mol. The Bertz CT molecular complexity index is 2310. The summed E-state index contributed by atoms with van der Waals surface area (Å²) in [4.78, 5) is 0. The largest absolute Gasteiger partial charge is 0.135 e. The molecule has 1 heterocycles. The summed E-state index contributed by atoms with van der Waals surface area (Å²) >= 11 is 1.87. The third-order valence-electron chi connectivity index (χ3n) is 8.79. The van der Waals surface area contributed by atoms with E-state index in [-0.39, 0.29) is 5.41 Å². The fourth-order valence-corrected chi connectivity index (χ4v) is 7.39. The van der Waals surface area contributed by atoms with Crippen LogP contribution in [0.2, 0.25) is 0 Å². The Morgan fingerprint density at radius 1 is 0.372 bits per heavy atom. The van der Waals surface area contributed by atoms with Gasteiger partial charge in [-0.1, -0.05) is 112 Å². The molecule has 0 radical (unpaired) electrons. The molecule has 0 aliphatic heterocycles. The van der Waals surface area contributed by atoms with Gasteiger partial charge in [-0.2, -0.15) is 0 Å². The first-order valence-electron chi connectivity index (χ1n) is 15.0. The van der Waals surface area contributed by atoms with E-state index in [1.165, 1.54) is 80.7 Å². The molecule has 0 aliphatic rings. The van der Waals surface area contributed by atoms with E-state index in [9.17, 15) is 0 Å². The van der Waals surface area contributed by atoms with E-state index in [2.05, 4.69) is 160 Å². The minimum absolute atomic E-state index is 0.158. The fraction of sp³-hybridized carbons (Fsp3) is 0.0952. The van der Waals surface area contributed by atoms with E-state index >= 15 is 0 Å². The summed E-state index contributed by atoms with van der Waals surface area (Å²) in [5, 5.41) is 7.76. The minimum atomic E-state index is 0.158. The molecule has 0 saturated carbocycles. The lowest BCUT2D eigenvalue weighted by Crippen LogP contribution is -2.10. The third kappa shape index (κ3) is 4.71. The van der Waals surface area contributed by atoms with Crippen molar-refractivity contribution in [2.45, 2.75) is 26.2 Å². The summed E-state index contributed by atoms with van der Waals surface area (Å²) < 4.78 is 2.69. The van der Waals surface area contributed by atoms with Crippen molar-refractivity contribution >= 4 is 53.1 Å². The van der Waals surface area contributed by atoms with Gasteiger partial charge in [0.2, 0.25) is 0 Å². The second-order valence-electron chi connectivity index (χ2n) is 12.7. The van der Waals surface area contributed by atoms with Crippen LogP contribution < -0.4 is 0 Å². The number of hydrogen-bond acceptors (Lipinski definition) is 1. The van der Waals surface area contributed by atoms with Gasteiger partial charge in [0.15, 0.2) is 0 Å². The minimum Gasteiger partial charge on any atom is -0.135 e. The van der Waals surface area contributed by atoms with E-state index in [0.29, 0.717) is 0 Å². The molecule has 43 heavy (non-hydrogen) atoms. The zero-order valence-electron chi connectivity index (χ0n) is 24.7. The molecule has 0 atom stereocenters. The zero-order chi connectivity index (χ0) is 29.1. The van der Waals surface area contributed by atoms with E-state index in [4.69, 9.17) is 0 Å². The summed E-state index contributed by atoms with van der Waals surface area (Å²) in [6.45, 7) is 6.78. The van der Waals surface area contributed by atoms with E-state index in [0.717, 1.165) is 0 Å². The van der Waals surface area contributed by atoms with Crippen molar-refractivity contribution in [2.75, 3.05) is 0 Å². The Hall–Kier alpha value is -4.72. The molecule has 1 aromatic heterocycles. The standard InChI is InChI=1S/C42H32S/c1-42(2,3)37-18-15-27(16-19-37)28-7-6-8-29(21-28)30-11-13-32-25-36-23-31(12-14-33(36)24-35(32)22-30)34-17-20-41-39(26-34)38-9-4-5-10-40(38)43-41/h4-26H,1-3H3. The Balaban J connectivity index is 1.14. The van der Waals surface area contributed by atoms with Crippen molar-refractivity contribution in [3.63, 3.8) is 0 Å². The molecule has 0 bridgehead atoms. The molecule has 8 rings (SSSR count). The molecule has 0 N–H and O–H groups in total. The molecule has 0 aliphatic carbocycles. The van der Waals surface area contributed by atoms with Crippen LogP contribution in [0.3, 0.4) is 0 Å². The summed E-state index contributed by atoms with van der Waals surface area (Å²) in [7, 11) is 0. The molecule has 7 aromatic carbocycles. The highest BCUT2D eigenvalue weighted by Gasteiger charge is 2.13. The van der Waals surface area contributed by atoms with Gasteiger partial charge in [-0.25, -0.2) is 0 Å². The number of rotatable bonds is 3. The topological polar surface area (TPSA) is 0 Å². The van der Waals surface area contributed by atoms with Crippen molar-refractivity contribution in [1.29, 1.82) is 0 Å². The maximum absolute atomic E-state index is 2.36. The van der Waals surface area contributed by atoms with E-state index in [1.54, 1.807) is 0 Å². The Labute approximate surface area is 256 Å². The Morgan fingerprint density at radius 2 is 0.907 bits per heavy atom. The zero-order valence-corrected chi connectivity index (χ0v) is 25.5. The number of hydrogen-bond donors (Lipinski definition) is 0. The van der Waals surface area contributed by atoms with Crippen LogP contribution in [0.4, 0.5) is 0 Å². The van der Waals surface area contributed by atoms with Crippen LogP contribution in [-0.2, 0) is 5.41 Å². The van der Waals surface area contributed by atoms with Gasteiger partial charge in [-0.3, -0.25) is 0 Å². The highest BCUT2D eigenvalue weighted by molar-refractivity contribution is 7.25. The van der Waals surface area contributed by atoms with Crippen LogP contribution in [-0.4, -0.2) is 0 Å². The first-order valence-corrected chi connectivity index (χ1v) is 15.8. The lowest BCUT2D eigenvalue weighted by Gasteiger charge is -2.19. The lowest BCUT2D eigenvalue weighted by atomic mass is 9.86. The monoisotopic (exact) mass is 568 g/mol. The highest BCUT2D eigenvalue weighted by atomic mass is 32.1.